The fourth-order valence-electron chi connectivity index (χ4n) is 2.63. The van der Waals surface area contributed by atoms with Crippen LogP contribution in [-0.4, -0.2) is 18.0 Å². The molecular weight excluding hydrogens is 188 g/mol. The lowest BCUT2D eigenvalue weighted by molar-refractivity contribution is -0.123. The number of hydrogen-bond donors (Lipinski definition) is 0. The van der Waals surface area contributed by atoms with E-state index in [0.717, 1.165) is 32.1 Å². The van der Waals surface area contributed by atoms with Crippen molar-refractivity contribution in [2.75, 3.05) is 0 Å². The largest absolute Gasteiger partial charge is 0.370 e. The molecule has 1 aliphatic heterocycles. The zero-order chi connectivity index (χ0) is 10.7. The van der Waals surface area contributed by atoms with Gasteiger partial charge in [0.1, 0.15) is 5.78 Å². The van der Waals surface area contributed by atoms with Gasteiger partial charge in [-0.15, -0.1) is 0 Å². The standard InChI is InChI=1S/C13H22O2/c1-2-3-4-5-6-11(14)10-7-8-12-13(9-10)15-12/h10,12-13H,2-9H2,1H3. The van der Waals surface area contributed by atoms with Crippen molar-refractivity contribution in [3.8, 4) is 0 Å². The Morgan fingerprint density at radius 2 is 2.07 bits per heavy atom. The molecule has 0 aromatic carbocycles. The summed E-state index contributed by atoms with van der Waals surface area (Å²) in [6.07, 6.45) is 9.82. The van der Waals surface area contributed by atoms with Gasteiger partial charge in [0.15, 0.2) is 0 Å². The second-order valence-electron chi connectivity index (χ2n) is 5.00. The zero-order valence-electron chi connectivity index (χ0n) is 9.71. The maximum atomic E-state index is 11.9. The van der Waals surface area contributed by atoms with Crippen LogP contribution >= 0.6 is 0 Å². The number of ether oxygens (including phenoxy) is 1. The molecule has 0 bridgehead atoms. The first-order valence-corrected chi connectivity index (χ1v) is 6.49. The topological polar surface area (TPSA) is 29.6 Å². The van der Waals surface area contributed by atoms with E-state index in [0.29, 0.717) is 23.9 Å². The highest BCUT2D eigenvalue weighted by Gasteiger charge is 2.45. The molecule has 0 aromatic heterocycles. The van der Waals surface area contributed by atoms with Crippen LogP contribution in [0.5, 0.6) is 0 Å². The molecule has 0 N–H and O–H groups in total. The quantitative estimate of drug-likeness (QED) is 0.498. The molecule has 2 fully saturated rings. The van der Waals surface area contributed by atoms with Gasteiger partial charge in [-0.3, -0.25) is 4.79 Å². The summed E-state index contributed by atoms with van der Waals surface area (Å²) >= 11 is 0. The smallest absolute Gasteiger partial charge is 0.136 e. The molecule has 0 aromatic rings. The second-order valence-corrected chi connectivity index (χ2v) is 5.00. The SMILES string of the molecule is CCCCCCC(=O)C1CCC2OC2C1. The van der Waals surface area contributed by atoms with E-state index in [1.165, 1.54) is 19.3 Å². The zero-order valence-corrected chi connectivity index (χ0v) is 9.71. The molecule has 2 nitrogen and oxygen atoms in total. The van der Waals surface area contributed by atoms with Crippen molar-refractivity contribution in [2.45, 2.75) is 70.5 Å². The van der Waals surface area contributed by atoms with E-state index < -0.39 is 0 Å². The summed E-state index contributed by atoms with van der Waals surface area (Å²) in [6.45, 7) is 2.20. The molecular formula is C13H22O2. The van der Waals surface area contributed by atoms with Gasteiger partial charge in [-0.05, 0) is 25.7 Å². The van der Waals surface area contributed by atoms with Gasteiger partial charge in [-0.25, -0.2) is 0 Å². The molecule has 2 aliphatic rings. The Balaban J connectivity index is 1.62. The maximum Gasteiger partial charge on any atom is 0.136 e. The minimum Gasteiger partial charge on any atom is -0.370 e. The first-order valence-electron chi connectivity index (χ1n) is 6.49. The lowest BCUT2D eigenvalue weighted by atomic mass is 9.84. The van der Waals surface area contributed by atoms with Crippen molar-refractivity contribution >= 4 is 5.78 Å². The summed E-state index contributed by atoms with van der Waals surface area (Å²) in [5.41, 5.74) is 0. The third-order valence-corrected chi connectivity index (χ3v) is 3.74. The van der Waals surface area contributed by atoms with Crippen LogP contribution in [0.2, 0.25) is 0 Å². The van der Waals surface area contributed by atoms with Crippen molar-refractivity contribution in [1.29, 1.82) is 0 Å². The number of unbranched alkanes of at least 4 members (excludes halogenated alkanes) is 3. The Bertz CT molecular complexity index is 225. The van der Waals surface area contributed by atoms with E-state index >= 15 is 0 Å². The van der Waals surface area contributed by atoms with Crippen molar-refractivity contribution in [2.24, 2.45) is 5.92 Å². The Morgan fingerprint density at radius 1 is 1.20 bits per heavy atom. The average Bonchev–Trinajstić information content (AvgIpc) is 3.01. The molecule has 3 atom stereocenters. The lowest BCUT2D eigenvalue weighted by Crippen LogP contribution is -2.21. The molecule has 1 saturated carbocycles. The van der Waals surface area contributed by atoms with E-state index in [-0.39, 0.29) is 0 Å². The van der Waals surface area contributed by atoms with Crippen LogP contribution in [0.4, 0.5) is 0 Å². The Kier molecular flexibility index (Phi) is 3.79. The molecule has 1 saturated heterocycles. The summed E-state index contributed by atoms with van der Waals surface area (Å²) in [4.78, 5) is 11.9. The van der Waals surface area contributed by atoms with Crippen LogP contribution in [0.15, 0.2) is 0 Å². The van der Waals surface area contributed by atoms with Crippen molar-refractivity contribution in [1.82, 2.24) is 0 Å². The molecule has 1 heterocycles. The Hall–Kier alpha value is -0.370. The minimum atomic E-state index is 0.329. The summed E-state index contributed by atoms with van der Waals surface area (Å²) in [7, 11) is 0. The molecule has 0 spiro atoms. The number of rotatable bonds is 6. The second kappa shape index (κ2) is 5.11. The first kappa shape index (κ1) is 11.1. The Labute approximate surface area is 92.4 Å². The highest BCUT2D eigenvalue weighted by atomic mass is 16.6. The maximum absolute atomic E-state index is 11.9. The van der Waals surface area contributed by atoms with Crippen LogP contribution < -0.4 is 0 Å². The van der Waals surface area contributed by atoms with E-state index in [9.17, 15) is 4.79 Å². The number of carbonyl (C=O) groups excluding carboxylic acids is 1. The van der Waals surface area contributed by atoms with Crippen molar-refractivity contribution in [3.63, 3.8) is 0 Å². The lowest BCUT2D eigenvalue weighted by Gasteiger charge is -2.17. The van der Waals surface area contributed by atoms with E-state index in [1.54, 1.807) is 0 Å². The highest BCUT2D eigenvalue weighted by molar-refractivity contribution is 5.81. The van der Waals surface area contributed by atoms with E-state index in [1.807, 2.05) is 0 Å². The molecule has 0 amide bonds. The fraction of sp³-hybridized carbons (Fsp3) is 0.923. The summed E-state index contributed by atoms with van der Waals surface area (Å²) in [5.74, 6) is 0.829. The molecule has 2 heteroatoms. The summed E-state index contributed by atoms with van der Waals surface area (Å²) < 4.78 is 5.45. The number of carbonyl (C=O) groups is 1. The molecule has 1 aliphatic carbocycles. The van der Waals surface area contributed by atoms with Gasteiger partial charge in [0.25, 0.3) is 0 Å². The van der Waals surface area contributed by atoms with Crippen LogP contribution in [0, 0.1) is 5.92 Å². The summed E-state index contributed by atoms with van der Waals surface area (Å²) in [5, 5.41) is 0. The molecule has 3 unspecified atom stereocenters. The number of epoxide rings is 1. The van der Waals surface area contributed by atoms with Crippen LogP contribution in [0.3, 0.4) is 0 Å². The van der Waals surface area contributed by atoms with Gasteiger partial charge in [-0.1, -0.05) is 26.2 Å². The molecule has 15 heavy (non-hydrogen) atoms. The molecule has 0 radical (unpaired) electrons. The predicted molar refractivity (Wildman–Crippen MR) is 59.8 cm³/mol. The fourth-order valence-corrected chi connectivity index (χ4v) is 2.63. The predicted octanol–water partition coefficient (Wildman–Crippen LogP) is 3.09. The number of hydrogen-bond acceptors (Lipinski definition) is 2. The van der Waals surface area contributed by atoms with Gasteiger partial charge in [0.05, 0.1) is 12.2 Å². The third kappa shape index (κ3) is 3.04. The number of fused-ring (bicyclic) bond motifs is 1. The number of Topliss-reactive ketones (excluding diaryl/α,β-unsaturated/α-hetero) is 1. The Morgan fingerprint density at radius 3 is 2.80 bits per heavy atom. The highest BCUT2D eigenvalue weighted by Crippen LogP contribution is 2.40. The average molecular weight is 210 g/mol. The van der Waals surface area contributed by atoms with Gasteiger partial charge < -0.3 is 4.74 Å². The first-order chi connectivity index (χ1) is 7.31. The van der Waals surface area contributed by atoms with Crippen molar-refractivity contribution < 1.29 is 9.53 Å². The van der Waals surface area contributed by atoms with Gasteiger partial charge in [-0.2, -0.15) is 0 Å². The minimum absolute atomic E-state index is 0.329. The normalized spacial score (nSPS) is 33.5. The van der Waals surface area contributed by atoms with E-state index in [4.69, 9.17) is 4.74 Å². The monoisotopic (exact) mass is 210 g/mol. The van der Waals surface area contributed by atoms with E-state index in [2.05, 4.69) is 6.92 Å². The van der Waals surface area contributed by atoms with Crippen LogP contribution in [-0.2, 0) is 9.53 Å². The third-order valence-electron chi connectivity index (χ3n) is 3.74. The molecule has 86 valence electrons. The van der Waals surface area contributed by atoms with Gasteiger partial charge in [0, 0.05) is 12.3 Å². The van der Waals surface area contributed by atoms with Gasteiger partial charge in [0.2, 0.25) is 0 Å². The van der Waals surface area contributed by atoms with Crippen LogP contribution in [0.25, 0.3) is 0 Å². The number of ketones is 1. The van der Waals surface area contributed by atoms with Crippen molar-refractivity contribution in [3.05, 3.63) is 0 Å². The van der Waals surface area contributed by atoms with Crippen LogP contribution in [0.1, 0.15) is 58.3 Å². The summed E-state index contributed by atoms with van der Waals surface area (Å²) in [6, 6.07) is 0. The van der Waals surface area contributed by atoms with Gasteiger partial charge >= 0.3 is 0 Å². The molecule has 2 rings (SSSR count).